The van der Waals surface area contributed by atoms with Crippen molar-refractivity contribution in [2.24, 2.45) is 0 Å². The minimum absolute atomic E-state index is 0.0271. The maximum atomic E-state index is 12.1. The predicted molar refractivity (Wildman–Crippen MR) is 73.0 cm³/mol. The number of nitrogens with one attached hydrogen (secondary N) is 2. The van der Waals surface area contributed by atoms with Gasteiger partial charge in [-0.2, -0.15) is 0 Å². The lowest BCUT2D eigenvalue weighted by Crippen LogP contribution is -2.43. The van der Waals surface area contributed by atoms with Crippen molar-refractivity contribution in [3.05, 3.63) is 24.1 Å². The minimum Gasteiger partial charge on any atom is -0.441 e. The number of carbonyl (C=O) groups excluding carboxylic acids is 1. The van der Waals surface area contributed by atoms with E-state index < -0.39 is 0 Å². The summed E-state index contributed by atoms with van der Waals surface area (Å²) in [6, 6.07) is 5.43. The number of fused-ring (bicyclic) bond motifs is 1. The fourth-order valence-electron chi connectivity index (χ4n) is 2.43. The van der Waals surface area contributed by atoms with Crippen LogP contribution in [0.3, 0.4) is 0 Å². The number of anilines is 1. The number of carbonyl (C=O) groups is 1. The molecule has 2 N–H and O–H groups in total. The smallest absolute Gasteiger partial charge is 0.241 e. The second-order valence-electron chi connectivity index (χ2n) is 4.91. The molecular formula is C14H17N3O2. The first-order valence-corrected chi connectivity index (χ1v) is 6.64. The Bertz CT molecular complexity index is 600. The molecule has 1 aliphatic heterocycles. The van der Waals surface area contributed by atoms with E-state index in [2.05, 4.69) is 15.6 Å². The van der Waals surface area contributed by atoms with Gasteiger partial charge in [0.1, 0.15) is 5.52 Å². The first-order valence-electron chi connectivity index (χ1n) is 6.64. The zero-order valence-electron chi connectivity index (χ0n) is 10.9. The minimum atomic E-state index is -0.0801. The van der Waals surface area contributed by atoms with E-state index in [1.54, 1.807) is 0 Å². The summed E-state index contributed by atoms with van der Waals surface area (Å²) in [6.07, 6.45) is 3.15. The number of hydrogen-bond acceptors (Lipinski definition) is 4. The Morgan fingerprint density at radius 1 is 1.47 bits per heavy atom. The van der Waals surface area contributed by atoms with E-state index in [0.29, 0.717) is 5.89 Å². The summed E-state index contributed by atoms with van der Waals surface area (Å²) in [5.41, 5.74) is 2.27. The van der Waals surface area contributed by atoms with Crippen molar-refractivity contribution in [1.29, 1.82) is 0 Å². The summed E-state index contributed by atoms with van der Waals surface area (Å²) in [4.78, 5) is 16.4. The molecule has 0 aliphatic carbocycles. The van der Waals surface area contributed by atoms with Gasteiger partial charge in [0.25, 0.3) is 0 Å². The Labute approximate surface area is 111 Å². The molecule has 0 radical (unpaired) electrons. The van der Waals surface area contributed by atoms with Crippen LogP contribution in [0.5, 0.6) is 0 Å². The Morgan fingerprint density at radius 2 is 2.37 bits per heavy atom. The highest BCUT2D eigenvalue weighted by Crippen LogP contribution is 2.20. The summed E-state index contributed by atoms with van der Waals surface area (Å²) in [5.74, 6) is 0.659. The first-order chi connectivity index (χ1) is 9.22. The summed E-state index contributed by atoms with van der Waals surface area (Å²) in [6.45, 7) is 2.73. The zero-order chi connectivity index (χ0) is 13.2. The number of nitrogens with zero attached hydrogens (tertiary/aromatic N) is 1. The molecule has 100 valence electrons. The van der Waals surface area contributed by atoms with Crippen molar-refractivity contribution < 1.29 is 9.21 Å². The number of amides is 1. The molecule has 1 atom stereocenters. The van der Waals surface area contributed by atoms with Crippen LogP contribution < -0.4 is 10.6 Å². The molecule has 1 amide bonds. The van der Waals surface area contributed by atoms with Gasteiger partial charge in [-0.05, 0) is 37.6 Å². The zero-order valence-corrected chi connectivity index (χ0v) is 10.9. The molecule has 1 unspecified atom stereocenters. The number of rotatable bonds is 2. The maximum absolute atomic E-state index is 12.1. The van der Waals surface area contributed by atoms with Gasteiger partial charge >= 0.3 is 0 Å². The van der Waals surface area contributed by atoms with Crippen molar-refractivity contribution in [3.8, 4) is 0 Å². The fourth-order valence-corrected chi connectivity index (χ4v) is 2.43. The van der Waals surface area contributed by atoms with Gasteiger partial charge in [0.15, 0.2) is 11.5 Å². The molecule has 1 aromatic carbocycles. The topological polar surface area (TPSA) is 67.2 Å². The molecule has 5 nitrogen and oxygen atoms in total. The Kier molecular flexibility index (Phi) is 3.21. The van der Waals surface area contributed by atoms with Crippen molar-refractivity contribution >= 4 is 22.7 Å². The second kappa shape index (κ2) is 5.01. The van der Waals surface area contributed by atoms with Crippen LogP contribution in [0.1, 0.15) is 25.2 Å². The molecule has 1 saturated heterocycles. The van der Waals surface area contributed by atoms with Crippen molar-refractivity contribution in [2.75, 3.05) is 11.9 Å². The number of oxazole rings is 1. The second-order valence-corrected chi connectivity index (χ2v) is 4.91. The maximum Gasteiger partial charge on any atom is 0.241 e. The lowest BCUT2D eigenvalue weighted by atomic mass is 10.0. The van der Waals surface area contributed by atoms with Crippen LogP contribution in [-0.4, -0.2) is 23.5 Å². The third kappa shape index (κ3) is 2.61. The van der Waals surface area contributed by atoms with E-state index in [1.165, 1.54) is 0 Å². The van der Waals surface area contributed by atoms with Gasteiger partial charge in [0.05, 0.1) is 6.04 Å². The molecule has 0 bridgehead atoms. The van der Waals surface area contributed by atoms with Crippen LogP contribution in [0.2, 0.25) is 0 Å². The van der Waals surface area contributed by atoms with Crippen LogP contribution in [0, 0.1) is 6.92 Å². The normalized spacial score (nSPS) is 19.5. The summed E-state index contributed by atoms with van der Waals surface area (Å²) in [7, 11) is 0. The molecule has 19 heavy (non-hydrogen) atoms. The predicted octanol–water partition coefficient (Wildman–Crippen LogP) is 2.22. The highest BCUT2D eigenvalue weighted by molar-refractivity contribution is 5.96. The molecule has 1 fully saturated rings. The lowest BCUT2D eigenvalue weighted by Gasteiger charge is -2.22. The van der Waals surface area contributed by atoms with E-state index in [0.717, 1.165) is 42.6 Å². The highest BCUT2D eigenvalue weighted by Gasteiger charge is 2.20. The molecular weight excluding hydrogens is 242 g/mol. The van der Waals surface area contributed by atoms with Crippen LogP contribution in [0.15, 0.2) is 22.6 Å². The van der Waals surface area contributed by atoms with Gasteiger partial charge < -0.3 is 15.1 Å². The van der Waals surface area contributed by atoms with E-state index in [4.69, 9.17) is 4.42 Å². The monoisotopic (exact) mass is 259 g/mol. The average molecular weight is 259 g/mol. The number of benzene rings is 1. The quantitative estimate of drug-likeness (QED) is 0.867. The van der Waals surface area contributed by atoms with E-state index in [-0.39, 0.29) is 11.9 Å². The molecule has 0 spiro atoms. The first kappa shape index (κ1) is 12.2. The van der Waals surface area contributed by atoms with Crippen LogP contribution in [0.25, 0.3) is 11.1 Å². The lowest BCUT2D eigenvalue weighted by molar-refractivity contribution is -0.118. The Balaban J connectivity index is 1.74. The number of aryl methyl sites for hydroxylation is 1. The number of aromatic nitrogens is 1. The SMILES string of the molecule is Cc1nc2cc(NC(=O)C3CCCCN3)ccc2o1. The Morgan fingerprint density at radius 3 is 3.16 bits per heavy atom. The molecule has 0 saturated carbocycles. The molecule has 2 aromatic rings. The molecule has 5 heteroatoms. The van der Waals surface area contributed by atoms with Crippen LogP contribution in [-0.2, 0) is 4.79 Å². The van der Waals surface area contributed by atoms with Crippen molar-refractivity contribution in [2.45, 2.75) is 32.2 Å². The van der Waals surface area contributed by atoms with Crippen molar-refractivity contribution in [3.63, 3.8) is 0 Å². The molecule has 3 rings (SSSR count). The van der Waals surface area contributed by atoms with Crippen LogP contribution in [0.4, 0.5) is 5.69 Å². The fraction of sp³-hybridized carbons (Fsp3) is 0.429. The van der Waals surface area contributed by atoms with Gasteiger partial charge in [0.2, 0.25) is 5.91 Å². The molecule has 1 aliphatic rings. The van der Waals surface area contributed by atoms with Gasteiger partial charge in [-0.15, -0.1) is 0 Å². The average Bonchev–Trinajstić information content (AvgIpc) is 2.79. The third-order valence-electron chi connectivity index (χ3n) is 3.39. The summed E-state index contributed by atoms with van der Waals surface area (Å²) < 4.78 is 5.41. The highest BCUT2D eigenvalue weighted by atomic mass is 16.3. The number of piperidine rings is 1. The number of hydrogen-bond donors (Lipinski definition) is 2. The Hall–Kier alpha value is -1.88. The van der Waals surface area contributed by atoms with Gasteiger partial charge in [0, 0.05) is 12.6 Å². The van der Waals surface area contributed by atoms with Crippen LogP contribution >= 0.6 is 0 Å². The summed E-state index contributed by atoms with van der Waals surface area (Å²) in [5, 5.41) is 6.16. The standard InChI is InChI=1S/C14H17N3O2/c1-9-16-12-8-10(5-6-13(12)19-9)17-14(18)11-4-2-3-7-15-11/h5-6,8,11,15H,2-4,7H2,1H3,(H,17,18). The molecule has 2 heterocycles. The molecule has 1 aromatic heterocycles. The third-order valence-corrected chi connectivity index (χ3v) is 3.39. The van der Waals surface area contributed by atoms with E-state index in [9.17, 15) is 4.79 Å². The summed E-state index contributed by atoms with van der Waals surface area (Å²) >= 11 is 0. The van der Waals surface area contributed by atoms with E-state index >= 15 is 0 Å². The van der Waals surface area contributed by atoms with Gasteiger partial charge in [-0.25, -0.2) is 4.98 Å². The largest absolute Gasteiger partial charge is 0.441 e. The van der Waals surface area contributed by atoms with E-state index in [1.807, 2.05) is 25.1 Å². The van der Waals surface area contributed by atoms with Gasteiger partial charge in [-0.1, -0.05) is 6.42 Å². The van der Waals surface area contributed by atoms with Gasteiger partial charge in [-0.3, -0.25) is 4.79 Å². The van der Waals surface area contributed by atoms with Crippen molar-refractivity contribution in [1.82, 2.24) is 10.3 Å².